The molecule has 4 heteroatoms. The first-order chi connectivity index (χ1) is 9.16. The molecule has 3 N–H and O–H groups in total. The first-order valence-corrected chi connectivity index (χ1v) is 7.14. The Morgan fingerprint density at radius 1 is 0.737 bits per heavy atom. The van der Waals surface area contributed by atoms with Crippen molar-refractivity contribution in [1.82, 2.24) is 0 Å². The molecule has 2 rings (SSSR count). The lowest BCUT2D eigenvalue weighted by Gasteiger charge is -2.04. The van der Waals surface area contributed by atoms with Gasteiger partial charge in [0.15, 0.2) is 11.5 Å². The fourth-order valence-corrected chi connectivity index (χ4v) is 2.39. The van der Waals surface area contributed by atoms with Crippen molar-refractivity contribution in [2.75, 3.05) is 0 Å². The molecule has 1 aromatic carbocycles. The lowest BCUT2D eigenvalue weighted by molar-refractivity contribution is 0.365. The Hall–Kier alpha value is -1.58. The van der Waals surface area contributed by atoms with Crippen molar-refractivity contribution in [3.8, 4) is 28.7 Å². The Kier molecular flexibility index (Phi) is 4.40. The molecule has 0 amide bonds. The maximum Gasteiger partial charge on any atom is 0.216 e. The molecule has 0 spiro atoms. The highest BCUT2D eigenvalue weighted by atomic mass is 16.6. The Balaban J connectivity index is 1.78. The Morgan fingerprint density at radius 3 is 2.05 bits per heavy atom. The van der Waals surface area contributed by atoms with Crippen molar-refractivity contribution in [1.29, 1.82) is 0 Å². The van der Waals surface area contributed by atoms with E-state index in [0.29, 0.717) is 23.5 Å². The highest BCUT2D eigenvalue weighted by Gasteiger charge is 2.35. The van der Waals surface area contributed by atoms with Crippen molar-refractivity contribution in [2.45, 2.75) is 58.3 Å². The van der Waals surface area contributed by atoms with Gasteiger partial charge in [-0.2, -0.15) is 0 Å². The second-order valence-electron chi connectivity index (χ2n) is 5.16. The maximum atomic E-state index is 9.78. The van der Waals surface area contributed by atoms with Crippen molar-refractivity contribution < 1.29 is 20.1 Å². The van der Waals surface area contributed by atoms with Crippen LogP contribution in [-0.2, 0) is 6.42 Å². The molecule has 0 bridgehead atoms. The third-order valence-electron chi connectivity index (χ3n) is 3.62. The third-order valence-corrected chi connectivity index (χ3v) is 3.62. The van der Waals surface area contributed by atoms with Gasteiger partial charge in [-0.1, -0.05) is 45.4 Å². The van der Waals surface area contributed by atoms with Crippen LogP contribution in [0.3, 0.4) is 0 Å². The van der Waals surface area contributed by atoms with Crippen molar-refractivity contribution >= 4 is 0 Å². The van der Waals surface area contributed by atoms with Gasteiger partial charge < -0.3 is 20.1 Å². The second kappa shape index (κ2) is 6.04. The molecule has 0 aliphatic carbocycles. The summed E-state index contributed by atoms with van der Waals surface area (Å²) in [5.74, 6) is -0.197. The fraction of sp³-hybridized carbons (Fsp3) is 0.600. The van der Waals surface area contributed by atoms with Crippen LogP contribution in [-0.4, -0.2) is 15.3 Å². The van der Waals surface area contributed by atoms with Crippen LogP contribution in [0.4, 0.5) is 0 Å². The predicted molar refractivity (Wildman–Crippen MR) is 73.2 cm³/mol. The lowest BCUT2D eigenvalue weighted by atomic mass is 10.0. The number of aromatic hydroxyl groups is 3. The minimum atomic E-state index is -0.464. The molecule has 0 fully saturated rings. The van der Waals surface area contributed by atoms with Crippen LogP contribution in [0.15, 0.2) is 0 Å². The zero-order valence-corrected chi connectivity index (χ0v) is 11.4. The molecular formula is C15H22O4. The molecule has 0 saturated carbocycles. The molecule has 19 heavy (non-hydrogen) atoms. The van der Waals surface area contributed by atoms with Gasteiger partial charge in [0.05, 0.1) is 0 Å². The molecule has 1 aliphatic rings. The Labute approximate surface area is 113 Å². The third kappa shape index (κ3) is 3.06. The summed E-state index contributed by atoms with van der Waals surface area (Å²) in [6, 6.07) is 0. The van der Waals surface area contributed by atoms with Crippen LogP contribution in [0.5, 0.6) is 28.7 Å². The van der Waals surface area contributed by atoms with Crippen LogP contribution >= 0.6 is 0 Å². The van der Waals surface area contributed by atoms with E-state index in [1.165, 1.54) is 32.1 Å². The first kappa shape index (κ1) is 13.8. The normalized spacial score (nSPS) is 12.1. The number of rotatable bonds is 8. The molecular weight excluding hydrogens is 244 g/mol. The van der Waals surface area contributed by atoms with Gasteiger partial charge in [-0.15, -0.1) is 0 Å². The van der Waals surface area contributed by atoms with Gasteiger partial charge in [0.2, 0.25) is 17.2 Å². The smallest absolute Gasteiger partial charge is 0.216 e. The molecule has 0 atom stereocenters. The summed E-state index contributed by atoms with van der Waals surface area (Å²) >= 11 is 0. The van der Waals surface area contributed by atoms with Crippen LogP contribution in [0.2, 0.25) is 0 Å². The van der Waals surface area contributed by atoms with Gasteiger partial charge in [-0.3, -0.25) is 0 Å². The number of phenolic OH excluding ortho intramolecular Hbond substituents is 3. The van der Waals surface area contributed by atoms with Crippen molar-refractivity contribution in [3.05, 3.63) is 5.56 Å². The quantitative estimate of drug-likeness (QED) is 0.380. The summed E-state index contributed by atoms with van der Waals surface area (Å²) in [7, 11) is 0. The largest absolute Gasteiger partial charge is 0.504 e. The van der Waals surface area contributed by atoms with E-state index in [9.17, 15) is 15.3 Å². The number of hydrogen-bond donors (Lipinski definition) is 3. The molecule has 1 aromatic rings. The number of ether oxygens (including phenoxy) is 1. The molecule has 0 aromatic heterocycles. The molecule has 0 radical (unpaired) electrons. The van der Waals surface area contributed by atoms with E-state index in [-0.39, 0.29) is 11.5 Å². The lowest BCUT2D eigenvalue weighted by Crippen LogP contribution is -1.86. The molecule has 1 heterocycles. The van der Waals surface area contributed by atoms with E-state index in [1.54, 1.807) is 0 Å². The van der Waals surface area contributed by atoms with Gasteiger partial charge in [0, 0.05) is 5.56 Å². The molecule has 0 saturated heterocycles. The van der Waals surface area contributed by atoms with E-state index in [2.05, 4.69) is 6.92 Å². The first-order valence-electron chi connectivity index (χ1n) is 7.14. The summed E-state index contributed by atoms with van der Waals surface area (Å²) in [5, 5.41) is 28.7. The minimum absolute atomic E-state index is 0.236. The van der Waals surface area contributed by atoms with Crippen LogP contribution in [0.25, 0.3) is 0 Å². The average molecular weight is 266 g/mol. The summed E-state index contributed by atoms with van der Waals surface area (Å²) in [5.41, 5.74) is 0.624. The predicted octanol–water partition coefficient (Wildman–Crippen LogP) is 4.20. The molecule has 106 valence electrons. The Bertz CT molecular complexity index is 454. The summed E-state index contributed by atoms with van der Waals surface area (Å²) in [4.78, 5) is 0. The Morgan fingerprint density at radius 2 is 1.37 bits per heavy atom. The van der Waals surface area contributed by atoms with E-state index >= 15 is 0 Å². The topological polar surface area (TPSA) is 73.2 Å². The summed E-state index contributed by atoms with van der Waals surface area (Å²) < 4.78 is 5.10. The SMILES string of the molecule is CCCCCCCCCc1c(O)c(O)c(O)c2c1O2. The van der Waals surface area contributed by atoms with Crippen molar-refractivity contribution in [3.63, 3.8) is 0 Å². The number of hydrogen-bond acceptors (Lipinski definition) is 4. The second-order valence-corrected chi connectivity index (χ2v) is 5.16. The van der Waals surface area contributed by atoms with Gasteiger partial charge in [0.1, 0.15) is 0 Å². The maximum absolute atomic E-state index is 9.78. The fourth-order valence-electron chi connectivity index (χ4n) is 2.39. The van der Waals surface area contributed by atoms with Crippen LogP contribution in [0.1, 0.15) is 57.4 Å². The minimum Gasteiger partial charge on any atom is -0.504 e. The highest BCUT2D eigenvalue weighted by molar-refractivity contribution is 5.76. The van der Waals surface area contributed by atoms with Gasteiger partial charge in [0.25, 0.3) is 0 Å². The average Bonchev–Trinajstić information content (AvgIpc) is 3.19. The number of unbranched alkanes of at least 4 members (excludes halogenated alkanes) is 6. The molecule has 1 aliphatic heterocycles. The zero-order valence-electron chi connectivity index (χ0n) is 11.4. The highest BCUT2D eigenvalue weighted by Crippen LogP contribution is 2.62. The van der Waals surface area contributed by atoms with Gasteiger partial charge in [-0.05, 0) is 12.8 Å². The summed E-state index contributed by atoms with van der Waals surface area (Å²) in [6.45, 7) is 2.20. The van der Waals surface area contributed by atoms with E-state index in [1.807, 2.05) is 0 Å². The zero-order chi connectivity index (χ0) is 13.8. The van der Waals surface area contributed by atoms with E-state index in [0.717, 1.165) is 12.8 Å². The number of benzene rings is 1. The van der Waals surface area contributed by atoms with Gasteiger partial charge in [-0.25, -0.2) is 0 Å². The number of phenols is 3. The van der Waals surface area contributed by atoms with Crippen LogP contribution < -0.4 is 4.74 Å². The van der Waals surface area contributed by atoms with E-state index in [4.69, 9.17) is 4.74 Å². The monoisotopic (exact) mass is 266 g/mol. The van der Waals surface area contributed by atoms with Gasteiger partial charge >= 0.3 is 0 Å². The molecule has 4 nitrogen and oxygen atoms in total. The summed E-state index contributed by atoms with van der Waals surface area (Å²) in [6.07, 6.45) is 9.05. The van der Waals surface area contributed by atoms with E-state index < -0.39 is 5.75 Å². The van der Waals surface area contributed by atoms with Crippen molar-refractivity contribution in [2.24, 2.45) is 0 Å². The standard InChI is InChI=1S/C15H22O4/c1-2-3-4-5-6-7-8-9-10-11(16)12(17)13(18)15-14(10)19-15/h16-18H,2-9H2,1H3. The number of fused-ring (bicyclic) bond motifs is 1. The van der Waals surface area contributed by atoms with Crippen LogP contribution in [0, 0.1) is 0 Å². The molecule has 0 unspecified atom stereocenters.